The Labute approximate surface area is 98.8 Å². The van der Waals surface area contributed by atoms with Crippen molar-refractivity contribution in [2.24, 2.45) is 0 Å². The summed E-state index contributed by atoms with van der Waals surface area (Å²) < 4.78 is 0.941. The van der Waals surface area contributed by atoms with Gasteiger partial charge in [0.1, 0.15) is 0 Å². The summed E-state index contributed by atoms with van der Waals surface area (Å²) in [5.74, 6) is 0.947. The third-order valence-electron chi connectivity index (χ3n) is 2.98. The third-order valence-corrected chi connectivity index (χ3v) is 3.42. The predicted molar refractivity (Wildman–Crippen MR) is 67.0 cm³/mol. The first kappa shape index (κ1) is 10.7. The highest BCUT2D eigenvalue weighted by molar-refractivity contribution is 9.10. The van der Waals surface area contributed by atoms with Crippen molar-refractivity contribution in [3.05, 3.63) is 16.7 Å². The van der Waals surface area contributed by atoms with Gasteiger partial charge in [0.2, 0.25) is 0 Å². The molecule has 1 aromatic heterocycles. The van der Waals surface area contributed by atoms with Crippen LogP contribution in [0.4, 0.5) is 11.5 Å². The molecule has 1 saturated heterocycles. The standard InChI is InChI=1S/C11H16BrN3/c1-2-9-4-3-5-15(9)11-10(13)6-8(12)7-14-11/h6-7,9H,2-5,13H2,1H3. The zero-order chi connectivity index (χ0) is 10.8. The highest BCUT2D eigenvalue weighted by atomic mass is 79.9. The second-order valence-electron chi connectivity index (χ2n) is 3.96. The van der Waals surface area contributed by atoms with Crippen LogP contribution in [0.25, 0.3) is 0 Å². The molecule has 1 aliphatic heterocycles. The third kappa shape index (κ3) is 2.09. The number of rotatable bonds is 2. The zero-order valence-electron chi connectivity index (χ0n) is 8.91. The van der Waals surface area contributed by atoms with Crippen molar-refractivity contribution >= 4 is 27.4 Å². The predicted octanol–water partition coefficient (Wildman–Crippen LogP) is 2.81. The van der Waals surface area contributed by atoms with E-state index in [1.54, 1.807) is 0 Å². The fourth-order valence-electron chi connectivity index (χ4n) is 2.23. The molecule has 2 heterocycles. The van der Waals surface area contributed by atoms with Gasteiger partial charge in [0, 0.05) is 23.3 Å². The summed E-state index contributed by atoms with van der Waals surface area (Å²) in [6.07, 6.45) is 5.48. The molecule has 0 aromatic carbocycles. The summed E-state index contributed by atoms with van der Waals surface area (Å²) in [6, 6.07) is 2.54. The summed E-state index contributed by atoms with van der Waals surface area (Å²) in [4.78, 5) is 6.75. The highest BCUT2D eigenvalue weighted by Crippen LogP contribution is 2.30. The van der Waals surface area contributed by atoms with Crippen molar-refractivity contribution in [2.45, 2.75) is 32.2 Å². The molecule has 1 aromatic rings. The van der Waals surface area contributed by atoms with Crippen LogP contribution in [0.1, 0.15) is 26.2 Å². The van der Waals surface area contributed by atoms with E-state index in [1.807, 2.05) is 12.3 Å². The van der Waals surface area contributed by atoms with Crippen LogP contribution in [0.15, 0.2) is 16.7 Å². The molecule has 3 nitrogen and oxygen atoms in total. The summed E-state index contributed by atoms with van der Waals surface area (Å²) in [7, 11) is 0. The first-order valence-electron chi connectivity index (χ1n) is 5.40. The highest BCUT2D eigenvalue weighted by Gasteiger charge is 2.25. The van der Waals surface area contributed by atoms with Crippen molar-refractivity contribution in [1.82, 2.24) is 4.98 Å². The van der Waals surface area contributed by atoms with Crippen LogP contribution in [-0.4, -0.2) is 17.6 Å². The van der Waals surface area contributed by atoms with Crippen LogP contribution in [0, 0.1) is 0 Å². The molecule has 4 heteroatoms. The SMILES string of the molecule is CCC1CCCN1c1ncc(Br)cc1N. The van der Waals surface area contributed by atoms with Gasteiger partial charge in [-0.1, -0.05) is 6.92 Å². The Bertz CT molecular complexity index is 354. The topological polar surface area (TPSA) is 42.2 Å². The zero-order valence-corrected chi connectivity index (χ0v) is 10.5. The Morgan fingerprint density at radius 2 is 2.47 bits per heavy atom. The van der Waals surface area contributed by atoms with E-state index in [0.717, 1.165) is 28.9 Å². The Balaban J connectivity index is 2.28. The van der Waals surface area contributed by atoms with Crippen molar-refractivity contribution in [3.8, 4) is 0 Å². The van der Waals surface area contributed by atoms with Crippen molar-refractivity contribution < 1.29 is 0 Å². The maximum absolute atomic E-state index is 5.98. The van der Waals surface area contributed by atoms with Crippen molar-refractivity contribution in [3.63, 3.8) is 0 Å². The monoisotopic (exact) mass is 269 g/mol. The molecule has 0 bridgehead atoms. The Kier molecular flexibility index (Phi) is 3.14. The molecule has 0 saturated carbocycles. The number of pyridine rings is 1. The van der Waals surface area contributed by atoms with Gasteiger partial charge in [-0.3, -0.25) is 0 Å². The summed E-state index contributed by atoms with van der Waals surface area (Å²) >= 11 is 3.38. The van der Waals surface area contributed by atoms with E-state index < -0.39 is 0 Å². The van der Waals surface area contributed by atoms with Crippen LogP contribution >= 0.6 is 15.9 Å². The normalized spacial score (nSPS) is 20.9. The fraction of sp³-hybridized carbons (Fsp3) is 0.545. The maximum atomic E-state index is 5.98. The van der Waals surface area contributed by atoms with Crippen LogP contribution in [0.2, 0.25) is 0 Å². The molecular weight excluding hydrogens is 254 g/mol. The molecule has 0 aliphatic carbocycles. The summed E-state index contributed by atoms with van der Waals surface area (Å²) in [6.45, 7) is 3.30. The molecule has 0 spiro atoms. The quantitative estimate of drug-likeness (QED) is 0.898. The number of halogens is 1. The average molecular weight is 270 g/mol. The Morgan fingerprint density at radius 1 is 1.67 bits per heavy atom. The molecule has 15 heavy (non-hydrogen) atoms. The number of nitrogens with two attached hydrogens (primary N) is 1. The van der Waals surface area contributed by atoms with E-state index in [4.69, 9.17) is 5.73 Å². The molecule has 1 atom stereocenters. The lowest BCUT2D eigenvalue weighted by molar-refractivity contribution is 0.641. The van der Waals surface area contributed by atoms with Gasteiger partial charge < -0.3 is 10.6 Å². The molecule has 1 fully saturated rings. The van der Waals surface area contributed by atoms with E-state index in [-0.39, 0.29) is 0 Å². The van der Waals surface area contributed by atoms with E-state index in [1.165, 1.54) is 12.8 Å². The largest absolute Gasteiger partial charge is 0.396 e. The summed E-state index contributed by atoms with van der Waals surface area (Å²) in [5.41, 5.74) is 6.75. The molecule has 2 rings (SSSR count). The van der Waals surface area contributed by atoms with Gasteiger partial charge in [0.25, 0.3) is 0 Å². The molecule has 2 N–H and O–H groups in total. The molecular formula is C11H16BrN3. The van der Waals surface area contributed by atoms with Crippen molar-refractivity contribution in [1.29, 1.82) is 0 Å². The number of aromatic nitrogens is 1. The molecule has 1 aliphatic rings. The van der Waals surface area contributed by atoms with Gasteiger partial charge in [-0.05, 0) is 41.3 Å². The van der Waals surface area contributed by atoms with E-state index in [2.05, 4.69) is 32.7 Å². The van der Waals surface area contributed by atoms with Gasteiger partial charge in [0.05, 0.1) is 5.69 Å². The van der Waals surface area contributed by atoms with E-state index in [0.29, 0.717) is 6.04 Å². The number of nitrogens with zero attached hydrogens (tertiary/aromatic N) is 2. The van der Waals surface area contributed by atoms with Crippen LogP contribution < -0.4 is 10.6 Å². The van der Waals surface area contributed by atoms with Crippen LogP contribution in [0.5, 0.6) is 0 Å². The minimum absolute atomic E-state index is 0.612. The molecule has 0 amide bonds. The van der Waals surface area contributed by atoms with E-state index in [9.17, 15) is 0 Å². The van der Waals surface area contributed by atoms with Gasteiger partial charge >= 0.3 is 0 Å². The van der Waals surface area contributed by atoms with Crippen LogP contribution in [0.3, 0.4) is 0 Å². The first-order valence-corrected chi connectivity index (χ1v) is 6.19. The minimum atomic E-state index is 0.612. The Morgan fingerprint density at radius 3 is 3.13 bits per heavy atom. The van der Waals surface area contributed by atoms with E-state index >= 15 is 0 Å². The molecule has 1 unspecified atom stereocenters. The van der Waals surface area contributed by atoms with Gasteiger partial charge in [-0.25, -0.2) is 4.98 Å². The average Bonchev–Trinajstić information content (AvgIpc) is 2.65. The first-order chi connectivity index (χ1) is 7.22. The summed E-state index contributed by atoms with van der Waals surface area (Å²) in [5, 5.41) is 0. The fourth-order valence-corrected chi connectivity index (χ4v) is 2.58. The second kappa shape index (κ2) is 4.39. The number of anilines is 2. The number of hydrogen-bond acceptors (Lipinski definition) is 3. The number of nitrogen functional groups attached to an aromatic ring is 1. The van der Waals surface area contributed by atoms with Gasteiger partial charge in [0.15, 0.2) is 5.82 Å². The van der Waals surface area contributed by atoms with Crippen molar-refractivity contribution in [2.75, 3.05) is 17.2 Å². The van der Waals surface area contributed by atoms with Gasteiger partial charge in [-0.2, -0.15) is 0 Å². The lowest BCUT2D eigenvalue weighted by atomic mass is 10.2. The second-order valence-corrected chi connectivity index (χ2v) is 4.88. The van der Waals surface area contributed by atoms with Crippen LogP contribution in [-0.2, 0) is 0 Å². The smallest absolute Gasteiger partial charge is 0.152 e. The minimum Gasteiger partial charge on any atom is -0.396 e. The van der Waals surface area contributed by atoms with Gasteiger partial charge in [-0.15, -0.1) is 0 Å². The number of hydrogen-bond donors (Lipinski definition) is 1. The molecule has 0 radical (unpaired) electrons. The Hall–Kier alpha value is -0.770. The lowest BCUT2D eigenvalue weighted by Crippen LogP contribution is -2.29. The molecule has 82 valence electrons. The maximum Gasteiger partial charge on any atom is 0.152 e. The lowest BCUT2D eigenvalue weighted by Gasteiger charge is -2.25.